The van der Waals surface area contributed by atoms with Gasteiger partial charge < -0.3 is 15.1 Å². The van der Waals surface area contributed by atoms with E-state index in [1.165, 1.54) is 4.90 Å². The van der Waals surface area contributed by atoms with Gasteiger partial charge in [-0.15, -0.1) is 0 Å². The van der Waals surface area contributed by atoms with Gasteiger partial charge in [-0.1, -0.05) is 19.1 Å². The van der Waals surface area contributed by atoms with Crippen molar-refractivity contribution in [3.63, 3.8) is 0 Å². The van der Waals surface area contributed by atoms with E-state index in [1.807, 2.05) is 19.1 Å². The molecule has 5 nitrogen and oxygen atoms in total. The number of aryl methyl sites for hydroxylation is 1. The summed E-state index contributed by atoms with van der Waals surface area (Å²) in [5, 5.41) is 17.4. The lowest BCUT2D eigenvalue weighted by molar-refractivity contribution is -0.136. The predicted octanol–water partition coefficient (Wildman–Crippen LogP) is 1.22. The molecule has 0 bridgehead atoms. The molecule has 0 atom stereocenters. The minimum Gasteiger partial charge on any atom is -0.480 e. The first-order chi connectivity index (χ1) is 8.02. The molecule has 0 heterocycles. The van der Waals surface area contributed by atoms with Crippen LogP contribution in [0.15, 0.2) is 24.3 Å². The van der Waals surface area contributed by atoms with E-state index in [-0.39, 0.29) is 13.1 Å². The number of nitrogens with zero attached hydrogens (tertiary/aromatic N) is 1. The molecule has 1 aromatic carbocycles. The molecule has 5 heteroatoms. The van der Waals surface area contributed by atoms with Gasteiger partial charge in [0.05, 0.1) is 0 Å². The highest BCUT2D eigenvalue weighted by Crippen LogP contribution is 2.15. The number of carboxylic acids is 2. The number of carbonyl (C=O) groups is 2. The van der Waals surface area contributed by atoms with Gasteiger partial charge in [-0.25, -0.2) is 0 Å². The molecule has 0 fully saturated rings. The Kier molecular flexibility index (Phi) is 4.51. The highest BCUT2D eigenvalue weighted by molar-refractivity contribution is 5.79. The van der Waals surface area contributed by atoms with Crippen LogP contribution < -0.4 is 4.90 Å². The van der Waals surface area contributed by atoms with Crippen LogP contribution in [-0.4, -0.2) is 35.2 Å². The van der Waals surface area contributed by atoms with E-state index in [0.29, 0.717) is 5.69 Å². The molecule has 0 unspecified atom stereocenters. The van der Waals surface area contributed by atoms with Gasteiger partial charge in [0.1, 0.15) is 13.1 Å². The zero-order chi connectivity index (χ0) is 12.8. The fourth-order valence-corrected chi connectivity index (χ4v) is 1.51. The van der Waals surface area contributed by atoms with E-state index in [0.717, 1.165) is 12.0 Å². The summed E-state index contributed by atoms with van der Waals surface area (Å²) in [7, 11) is 0. The molecule has 1 rings (SSSR count). The average Bonchev–Trinajstić information content (AvgIpc) is 2.27. The first-order valence-electron chi connectivity index (χ1n) is 5.30. The van der Waals surface area contributed by atoms with Crippen LogP contribution in [0.5, 0.6) is 0 Å². The molecule has 0 aliphatic heterocycles. The summed E-state index contributed by atoms with van der Waals surface area (Å²) < 4.78 is 0. The lowest BCUT2D eigenvalue weighted by Gasteiger charge is -2.20. The van der Waals surface area contributed by atoms with E-state index in [1.54, 1.807) is 12.1 Å². The van der Waals surface area contributed by atoms with Crippen molar-refractivity contribution >= 4 is 17.6 Å². The third-order valence-corrected chi connectivity index (χ3v) is 2.36. The lowest BCUT2D eigenvalue weighted by atomic mass is 10.1. The summed E-state index contributed by atoms with van der Waals surface area (Å²) >= 11 is 0. The minimum atomic E-state index is -1.05. The second-order valence-electron chi connectivity index (χ2n) is 3.66. The molecular formula is C12H15NO4. The average molecular weight is 237 g/mol. The van der Waals surface area contributed by atoms with Gasteiger partial charge in [-0.2, -0.15) is 0 Å². The largest absolute Gasteiger partial charge is 0.480 e. The van der Waals surface area contributed by atoms with E-state index >= 15 is 0 Å². The summed E-state index contributed by atoms with van der Waals surface area (Å²) in [5.41, 5.74) is 1.73. The fraction of sp³-hybridized carbons (Fsp3) is 0.333. The molecule has 0 amide bonds. The summed E-state index contributed by atoms with van der Waals surface area (Å²) in [5.74, 6) is -2.10. The summed E-state index contributed by atoms with van der Waals surface area (Å²) in [4.78, 5) is 22.6. The maximum atomic E-state index is 10.7. The normalized spacial score (nSPS) is 9.94. The monoisotopic (exact) mass is 237 g/mol. The molecule has 0 spiro atoms. The van der Waals surface area contributed by atoms with Crippen LogP contribution in [0.1, 0.15) is 12.5 Å². The number of hydrogen-bond donors (Lipinski definition) is 2. The van der Waals surface area contributed by atoms with Crippen LogP contribution in [0.3, 0.4) is 0 Å². The van der Waals surface area contributed by atoms with Crippen LogP contribution in [0, 0.1) is 0 Å². The Hall–Kier alpha value is -2.04. The van der Waals surface area contributed by atoms with Gasteiger partial charge in [-0.3, -0.25) is 9.59 Å². The molecule has 1 aromatic rings. The molecular weight excluding hydrogens is 222 g/mol. The maximum absolute atomic E-state index is 10.7. The van der Waals surface area contributed by atoms with Crippen LogP contribution in [-0.2, 0) is 16.0 Å². The molecule has 0 aromatic heterocycles. The van der Waals surface area contributed by atoms with Gasteiger partial charge >= 0.3 is 11.9 Å². The Bertz CT molecular complexity index is 383. The SMILES string of the molecule is CCc1ccc(N(CC(=O)O)CC(=O)O)cc1. The second-order valence-corrected chi connectivity index (χ2v) is 3.66. The van der Waals surface area contributed by atoms with Crippen LogP contribution in [0.4, 0.5) is 5.69 Å². The van der Waals surface area contributed by atoms with Gasteiger partial charge in [0.15, 0.2) is 0 Å². The number of rotatable bonds is 6. The van der Waals surface area contributed by atoms with E-state index < -0.39 is 11.9 Å². The van der Waals surface area contributed by atoms with Gasteiger partial charge in [0, 0.05) is 5.69 Å². The number of hydrogen-bond acceptors (Lipinski definition) is 3. The minimum absolute atomic E-state index is 0.322. The van der Waals surface area contributed by atoms with Crippen LogP contribution >= 0.6 is 0 Å². The van der Waals surface area contributed by atoms with Crippen molar-refractivity contribution in [2.24, 2.45) is 0 Å². The third-order valence-electron chi connectivity index (χ3n) is 2.36. The highest BCUT2D eigenvalue weighted by Gasteiger charge is 2.13. The van der Waals surface area contributed by atoms with Gasteiger partial charge in [-0.05, 0) is 24.1 Å². The van der Waals surface area contributed by atoms with Crippen LogP contribution in [0.2, 0.25) is 0 Å². The van der Waals surface area contributed by atoms with Gasteiger partial charge in [0.25, 0.3) is 0 Å². The predicted molar refractivity (Wildman–Crippen MR) is 63.3 cm³/mol. The summed E-state index contributed by atoms with van der Waals surface area (Å²) in [6.45, 7) is 1.37. The standard InChI is InChI=1S/C12H15NO4/c1-2-9-3-5-10(6-4-9)13(7-11(14)15)8-12(16)17/h3-6H,2,7-8H2,1H3,(H,14,15)(H,16,17). The Labute approximate surface area is 99.3 Å². The molecule has 0 saturated carbocycles. The third kappa shape index (κ3) is 4.14. The zero-order valence-corrected chi connectivity index (χ0v) is 9.59. The van der Waals surface area contributed by atoms with Crippen molar-refractivity contribution in [2.45, 2.75) is 13.3 Å². The van der Waals surface area contributed by atoms with Crippen molar-refractivity contribution < 1.29 is 19.8 Å². The topological polar surface area (TPSA) is 77.8 Å². The number of aliphatic carboxylic acids is 2. The maximum Gasteiger partial charge on any atom is 0.323 e. The second kappa shape index (κ2) is 5.89. The van der Waals surface area contributed by atoms with E-state index in [2.05, 4.69) is 0 Å². The first kappa shape index (κ1) is 13.0. The van der Waals surface area contributed by atoms with Crippen molar-refractivity contribution in [1.82, 2.24) is 0 Å². The van der Waals surface area contributed by atoms with Crippen molar-refractivity contribution in [3.8, 4) is 0 Å². The lowest BCUT2D eigenvalue weighted by Crippen LogP contribution is -2.34. The van der Waals surface area contributed by atoms with Crippen LogP contribution in [0.25, 0.3) is 0 Å². The number of carboxylic acid groups (broad SMARTS) is 2. The van der Waals surface area contributed by atoms with Crippen molar-refractivity contribution in [1.29, 1.82) is 0 Å². The van der Waals surface area contributed by atoms with E-state index in [4.69, 9.17) is 10.2 Å². The van der Waals surface area contributed by atoms with Crippen molar-refractivity contribution in [2.75, 3.05) is 18.0 Å². The molecule has 0 aliphatic rings. The zero-order valence-electron chi connectivity index (χ0n) is 9.59. The number of benzene rings is 1. The smallest absolute Gasteiger partial charge is 0.323 e. The molecule has 0 saturated heterocycles. The Balaban J connectivity index is 2.86. The quantitative estimate of drug-likeness (QED) is 0.778. The van der Waals surface area contributed by atoms with Gasteiger partial charge in [0.2, 0.25) is 0 Å². The molecule has 2 N–H and O–H groups in total. The number of anilines is 1. The fourth-order valence-electron chi connectivity index (χ4n) is 1.51. The van der Waals surface area contributed by atoms with Crippen molar-refractivity contribution in [3.05, 3.63) is 29.8 Å². The first-order valence-corrected chi connectivity index (χ1v) is 5.30. The molecule has 0 aliphatic carbocycles. The molecule has 17 heavy (non-hydrogen) atoms. The summed E-state index contributed by atoms with van der Waals surface area (Å²) in [6, 6.07) is 7.22. The Morgan fingerprint density at radius 1 is 1.06 bits per heavy atom. The summed E-state index contributed by atoms with van der Waals surface area (Å²) in [6.07, 6.45) is 0.887. The Morgan fingerprint density at radius 2 is 1.53 bits per heavy atom. The Morgan fingerprint density at radius 3 is 1.88 bits per heavy atom. The molecule has 92 valence electrons. The van der Waals surface area contributed by atoms with E-state index in [9.17, 15) is 9.59 Å². The molecule has 0 radical (unpaired) electrons. The highest BCUT2D eigenvalue weighted by atomic mass is 16.4.